The minimum atomic E-state index is -0.577. The molecule has 1 aliphatic heterocycles. The fourth-order valence-electron chi connectivity index (χ4n) is 2.77. The number of carbonyl (C=O) groups is 1. The number of benzene rings is 1. The third kappa shape index (κ3) is 5.00. The van der Waals surface area contributed by atoms with Gasteiger partial charge < -0.3 is 20.5 Å². The lowest BCUT2D eigenvalue weighted by molar-refractivity contribution is 0.0856. The number of amides is 2. The van der Waals surface area contributed by atoms with Crippen LogP contribution >= 0.6 is 0 Å². The molecule has 0 aliphatic carbocycles. The Kier molecular flexibility index (Phi) is 6.21. The molecule has 22 heavy (non-hydrogen) atoms. The summed E-state index contributed by atoms with van der Waals surface area (Å²) < 4.78 is 5.56. The lowest BCUT2D eigenvalue weighted by atomic mass is 10.0. The predicted octanol–water partition coefficient (Wildman–Crippen LogP) is 2.37. The van der Waals surface area contributed by atoms with E-state index in [0.29, 0.717) is 6.42 Å². The van der Waals surface area contributed by atoms with Gasteiger partial charge in [-0.15, -0.1) is 0 Å². The van der Waals surface area contributed by atoms with E-state index in [4.69, 9.17) is 4.74 Å². The van der Waals surface area contributed by atoms with Crippen LogP contribution in [-0.2, 0) is 4.74 Å². The number of nitrogens with one attached hydrogen (secondary N) is 2. The summed E-state index contributed by atoms with van der Waals surface area (Å²) in [5.41, 5.74) is 0.865. The highest BCUT2D eigenvalue weighted by atomic mass is 16.5. The van der Waals surface area contributed by atoms with Crippen molar-refractivity contribution < 1.29 is 14.6 Å². The number of urea groups is 1. The van der Waals surface area contributed by atoms with Crippen LogP contribution in [0.3, 0.4) is 0 Å². The van der Waals surface area contributed by atoms with Crippen LogP contribution in [0.2, 0.25) is 0 Å². The molecule has 0 saturated carbocycles. The molecular formula is C17H26N2O3. The zero-order chi connectivity index (χ0) is 15.9. The van der Waals surface area contributed by atoms with Crippen molar-refractivity contribution in [1.29, 1.82) is 0 Å². The molecule has 1 aromatic rings. The molecule has 1 aliphatic rings. The van der Waals surface area contributed by atoms with Gasteiger partial charge in [0.15, 0.2) is 0 Å². The number of aliphatic hydroxyl groups is 1. The quantitative estimate of drug-likeness (QED) is 0.755. The van der Waals surface area contributed by atoms with Gasteiger partial charge in [-0.05, 0) is 38.7 Å². The molecule has 1 heterocycles. The average molecular weight is 306 g/mol. The van der Waals surface area contributed by atoms with Crippen molar-refractivity contribution in [3.63, 3.8) is 0 Å². The first-order valence-corrected chi connectivity index (χ1v) is 7.98. The Morgan fingerprint density at radius 2 is 2.05 bits per heavy atom. The average Bonchev–Trinajstić information content (AvgIpc) is 3.02. The van der Waals surface area contributed by atoms with Gasteiger partial charge in [0.1, 0.15) is 0 Å². The molecule has 2 rings (SSSR count). The van der Waals surface area contributed by atoms with Crippen molar-refractivity contribution >= 4 is 6.03 Å². The summed E-state index contributed by atoms with van der Waals surface area (Å²) in [6, 6.07) is 9.14. The smallest absolute Gasteiger partial charge is 0.315 e. The van der Waals surface area contributed by atoms with Gasteiger partial charge in [-0.1, -0.05) is 30.3 Å². The monoisotopic (exact) mass is 306 g/mol. The molecular weight excluding hydrogens is 280 g/mol. The molecule has 3 N–H and O–H groups in total. The summed E-state index contributed by atoms with van der Waals surface area (Å²) in [4.78, 5) is 12.0. The first kappa shape index (κ1) is 16.8. The van der Waals surface area contributed by atoms with Crippen LogP contribution in [0.5, 0.6) is 0 Å². The van der Waals surface area contributed by atoms with Crippen LogP contribution in [0.15, 0.2) is 30.3 Å². The number of hydrogen-bond donors (Lipinski definition) is 3. The molecule has 4 unspecified atom stereocenters. The zero-order valence-electron chi connectivity index (χ0n) is 13.3. The van der Waals surface area contributed by atoms with E-state index in [0.717, 1.165) is 25.0 Å². The maximum absolute atomic E-state index is 12.0. The predicted molar refractivity (Wildman–Crippen MR) is 85.6 cm³/mol. The lowest BCUT2D eigenvalue weighted by Crippen LogP contribution is -2.48. The Labute approximate surface area is 132 Å². The number of aliphatic hydroxyl groups excluding tert-OH is 1. The Morgan fingerprint density at radius 3 is 2.68 bits per heavy atom. The molecule has 0 spiro atoms. The molecule has 1 saturated heterocycles. The maximum atomic E-state index is 12.0. The maximum Gasteiger partial charge on any atom is 0.315 e. The Bertz CT molecular complexity index is 460. The van der Waals surface area contributed by atoms with E-state index < -0.39 is 6.10 Å². The van der Waals surface area contributed by atoms with Crippen LogP contribution in [0.1, 0.15) is 44.8 Å². The minimum Gasteiger partial charge on any atom is -0.388 e. The molecule has 0 radical (unpaired) electrons. The van der Waals surface area contributed by atoms with Crippen LogP contribution < -0.4 is 10.6 Å². The first-order chi connectivity index (χ1) is 10.6. The van der Waals surface area contributed by atoms with Gasteiger partial charge in [0.05, 0.1) is 18.2 Å². The van der Waals surface area contributed by atoms with Crippen molar-refractivity contribution in [1.82, 2.24) is 10.6 Å². The minimum absolute atomic E-state index is 0.00579. The third-order valence-corrected chi connectivity index (χ3v) is 4.02. The van der Waals surface area contributed by atoms with Crippen molar-refractivity contribution in [2.45, 2.75) is 57.4 Å². The third-order valence-electron chi connectivity index (χ3n) is 4.02. The molecule has 2 amide bonds. The molecule has 1 aromatic carbocycles. The zero-order valence-corrected chi connectivity index (χ0v) is 13.3. The normalized spacial score (nSPS) is 21.9. The van der Waals surface area contributed by atoms with Crippen molar-refractivity contribution in [2.75, 3.05) is 6.61 Å². The van der Waals surface area contributed by atoms with E-state index in [-0.39, 0.29) is 24.2 Å². The van der Waals surface area contributed by atoms with Gasteiger partial charge in [0.25, 0.3) is 0 Å². The first-order valence-electron chi connectivity index (χ1n) is 7.98. The SMILES string of the molecule is CC(CC(O)c1ccccc1)NC(=O)NC(C)C1CCCO1. The second-order valence-electron chi connectivity index (χ2n) is 6.02. The van der Waals surface area contributed by atoms with Crippen molar-refractivity contribution in [2.24, 2.45) is 0 Å². The molecule has 1 fully saturated rings. The number of hydrogen-bond acceptors (Lipinski definition) is 3. The van der Waals surface area contributed by atoms with Crippen LogP contribution in [0, 0.1) is 0 Å². The van der Waals surface area contributed by atoms with E-state index in [1.54, 1.807) is 0 Å². The molecule has 5 heteroatoms. The topological polar surface area (TPSA) is 70.6 Å². The largest absolute Gasteiger partial charge is 0.388 e. The summed E-state index contributed by atoms with van der Waals surface area (Å²) in [5, 5.41) is 15.9. The van der Waals surface area contributed by atoms with Gasteiger partial charge in [-0.25, -0.2) is 4.79 Å². The van der Waals surface area contributed by atoms with Gasteiger partial charge in [-0.3, -0.25) is 0 Å². The Hall–Kier alpha value is -1.59. The van der Waals surface area contributed by atoms with Gasteiger partial charge >= 0.3 is 6.03 Å². The van der Waals surface area contributed by atoms with E-state index in [1.165, 1.54) is 0 Å². The highest BCUT2D eigenvalue weighted by molar-refractivity contribution is 5.74. The molecule has 4 atom stereocenters. The molecule has 5 nitrogen and oxygen atoms in total. The lowest BCUT2D eigenvalue weighted by Gasteiger charge is -2.23. The second-order valence-corrected chi connectivity index (χ2v) is 6.02. The van der Waals surface area contributed by atoms with Crippen LogP contribution in [0.25, 0.3) is 0 Å². The molecule has 122 valence electrons. The van der Waals surface area contributed by atoms with E-state index in [9.17, 15) is 9.90 Å². The fourth-order valence-corrected chi connectivity index (χ4v) is 2.77. The summed E-state index contributed by atoms with van der Waals surface area (Å²) in [7, 11) is 0. The van der Waals surface area contributed by atoms with Gasteiger partial charge in [0.2, 0.25) is 0 Å². The summed E-state index contributed by atoms with van der Waals surface area (Å²) in [6.45, 7) is 4.62. The van der Waals surface area contributed by atoms with Gasteiger partial charge in [-0.2, -0.15) is 0 Å². The summed E-state index contributed by atoms with van der Waals surface area (Å²) in [5.74, 6) is 0. The van der Waals surface area contributed by atoms with Gasteiger partial charge in [0, 0.05) is 12.6 Å². The Morgan fingerprint density at radius 1 is 1.32 bits per heavy atom. The van der Waals surface area contributed by atoms with Crippen LogP contribution in [0.4, 0.5) is 4.79 Å². The summed E-state index contributed by atoms with van der Waals surface area (Å²) >= 11 is 0. The summed E-state index contributed by atoms with van der Waals surface area (Å²) in [6.07, 6.45) is 2.05. The molecule has 0 aromatic heterocycles. The van der Waals surface area contributed by atoms with Crippen LogP contribution in [-0.4, -0.2) is 35.9 Å². The number of carbonyl (C=O) groups excluding carboxylic acids is 1. The van der Waals surface area contributed by atoms with Crippen molar-refractivity contribution in [3.8, 4) is 0 Å². The second kappa shape index (κ2) is 8.15. The Balaban J connectivity index is 1.73. The number of rotatable bonds is 6. The highest BCUT2D eigenvalue weighted by Gasteiger charge is 2.24. The highest BCUT2D eigenvalue weighted by Crippen LogP contribution is 2.18. The molecule has 0 bridgehead atoms. The van der Waals surface area contributed by atoms with Crippen molar-refractivity contribution in [3.05, 3.63) is 35.9 Å². The fraction of sp³-hybridized carbons (Fsp3) is 0.588. The van der Waals surface area contributed by atoms with E-state index >= 15 is 0 Å². The van der Waals surface area contributed by atoms with E-state index in [1.807, 2.05) is 44.2 Å². The number of ether oxygens (including phenoxy) is 1. The van der Waals surface area contributed by atoms with E-state index in [2.05, 4.69) is 10.6 Å². The standard InChI is InChI=1S/C17H26N2O3/c1-12(11-15(20)14-7-4-3-5-8-14)18-17(21)19-13(2)16-9-6-10-22-16/h3-5,7-8,12-13,15-16,20H,6,9-11H2,1-2H3,(H2,18,19,21).